The average Bonchev–Trinajstić information content (AvgIpc) is 2.54. The minimum Gasteiger partial charge on any atom is -0.342 e. The normalized spacial score (nSPS) is 10.8. The van der Waals surface area contributed by atoms with Crippen molar-refractivity contribution >= 4 is 22.6 Å². The van der Waals surface area contributed by atoms with Crippen LogP contribution < -0.4 is 0 Å². The average molecular weight is 182 g/mol. The van der Waals surface area contributed by atoms with Crippen molar-refractivity contribution in [1.82, 2.24) is 15.0 Å². The van der Waals surface area contributed by atoms with Crippen LogP contribution in [-0.2, 0) is 6.42 Å². The van der Waals surface area contributed by atoms with E-state index in [1.54, 1.807) is 12.5 Å². The topological polar surface area (TPSA) is 41.6 Å². The molecule has 1 N–H and O–H groups in total. The number of aromatic nitrogens is 3. The van der Waals surface area contributed by atoms with Crippen LogP contribution in [0.4, 0.5) is 0 Å². The second-order valence-electron chi connectivity index (χ2n) is 2.55. The van der Waals surface area contributed by atoms with Gasteiger partial charge in [0.2, 0.25) is 0 Å². The van der Waals surface area contributed by atoms with Gasteiger partial charge in [-0.2, -0.15) is 0 Å². The molecule has 2 aromatic rings. The van der Waals surface area contributed by atoms with E-state index in [0.29, 0.717) is 5.15 Å². The van der Waals surface area contributed by atoms with E-state index in [-0.39, 0.29) is 0 Å². The van der Waals surface area contributed by atoms with Crippen molar-refractivity contribution in [3.05, 3.63) is 23.2 Å². The second kappa shape index (κ2) is 2.75. The van der Waals surface area contributed by atoms with Crippen molar-refractivity contribution in [2.45, 2.75) is 13.3 Å². The number of rotatable bonds is 1. The Kier molecular flexibility index (Phi) is 1.73. The number of H-pyrrole nitrogens is 1. The van der Waals surface area contributed by atoms with Crippen LogP contribution in [0.2, 0.25) is 5.15 Å². The number of hydrogen-bond acceptors (Lipinski definition) is 2. The summed E-state index contributed by atoms with van der Waals surface area (Å²) in [4.78, 5) is 11.2. The Morgan fingerprint density at radius 2 is 2.33 bits per heavy atom. The number of aromatic amines is 1. The molecule has 2 rings (SSSR count). The monoisotopic (exact) mass is 181 g/mol. The van der Waals surface area contributed by atoms with Gasteiger partial charge in [-0.25, -0.2) is 9.97 Å². The smallest absolute Gasteiger partial charge is 0.154 e. The summed E-state index contributed by atoms with van der Waals surface area (Å²) >= 11 is 5.84. The van der Waals surface area contributed by atoms with Crippen molar-refractivity contribution in [3.8, 4) is 0 Å². The number of aryl methyl sites for hydroxylation is 1. The Hall–Kier alpha value is -1.09. The zero-order valence-corrected chi connectivity index (χ0v) is 7.39. The first-order valence-corrected chi connectivity index (χ1v) is 4.17. The lowest BCUT2D eigenvalue weighted by Crippen LogP contribution is -1.86. The molecule has 0 saturated carbocycles. The van der Waals surface area contributed by atoms with E-state index >= 15 is 0 Å². The molecule has 62 valence electrons. The van der Waals surface area contributed by atoms with Crippen LogP contribution in [0, 0.1) is 0 Å². The van der Waals surface area contributed by atoms with Crippen LogP contribution in [0.1, 0.15) is 12.5 Å². The molecule has 2 aromatic heterocycles. The molecule has 0 aliphatic rings. The molecule has 0 aliphatic carbocycles. The molecular weight excluding hydrogens is 174 g/mol. The summed E-state index contributed by atoms with van der Waals surface area (Å²) < 4.78 is 0. The number of hydrogen-bond donors (Lipinski definition) is 1. The molecule has 2 heterocycles. The molecule has 12 heavy (non-hydrogen) atoms. The number of nitrogens with one attached hydrogen (secondary N) is 1. The SMILES string of the molecule is CCc1cnc(Cl)c2[nH]cnc12. The van der Waals surface area contributed by atoms with Crippen molar-refractivity contribution in [2.75, 3.05) is 0 Å². The zero-order valence-electron chi connectivity index (χ0n) is 6.63. The molecule has 0 atom stereocenters. The minimum atomic E-state index is 0.486. The minimum absolute atomic E-state index is 0.486. The van der Waals surface area contributed by atoms with Crippen molar-refractivity contribution < 1.29 is 0 Å². The quantitative estimate of drug-likeness (QED) is 0.686. The van der Waals surface area contributed by atoms with Crippen LogP contribution in [0.5, 0.6) is 0 Å². The Balaban J connectivity index is 2.82. The van der Waals surface area contributed by atoms with Gasteiger partial charge in [-0.3, -0.25) is 0 Å². The first-order chi connectivity index (χ1) is 5.83. The predicted octanol–water partition coefficient (Wildman–Crippen LogP) is 2.17. The molecule has 0 saturated heterocycles. The van der Waals surface area contributed by atoms with Gasteiger partial charge in [0.15, 0.2) is 5.15 Å². The summed E-state index contributed by atoms with van der Waals surface area (Å²) in [6, 6.07) is 0. The van der Waals surface area contributed by atoms with E-state index in [1.807, 2.05) is 0 Å². The summed E-state index contributed by atoms with van der Waals surface area (Å²) in [7, 11) is 0. The van der Waals surface area contributed by atoms with Gasteiger partial charge in [-0.05, 0) is 12.0 Å². The highest BCUT2D eigenvalue weighted by Crippen LogP contribution is 2.20. The molecule has 0 bridgehead atoms. The number of halogens is 1. The van der Waals surface area contributed by atoms with Crippen LogP contribution >= 0.6 is 11.6 Å². The van der Waals surface area contributed by atoms with Gasteiger partial charge in [0.1, 0.15) is 5.52 Å². The van der Waals surface area contributed by atoms with E-state index in [0.717, 1.165) is 23.0 Å². The van der Waals surface area contributed by atoms with Crippen LogP contribution in [0.25, 0.3) is 11.0 Å². The summed E-state index contributed by atoms with van der Waals surface area (Å²) in [5, 5.41) is 0.486. The molecule has 0 fully saturated rings. The Morgan fingerprint density at radius 1 is 1.50 bits per heavy atom. The molecule has 3 nitrogen and oxygen atoms in total. The number of fused-ring (bicyclic) bond motifs is 1. The first-order valence-electron chi connectivity index (χ1n) is 3.79. The van der Waals surface area contributed by atoms with Gasteiger partial charge in [0.25, 0.3) is 0 Å². The maximum atomic E-state index is 5.84. The Morgan fingerprint density at radius 3 is 3.08 bits per heavy atom. The lowest BCUT2D eigenvalue weighted by molar-refractivity contribution is 1.12. The molecule has 0 aromatic carbocycles. The molecule has 0 amide bonds. The van der Waals surface area contributed by atoms with Gasteiger partial charge < -0.3 is 4.98 Å². The summed E-state index contributed by atoms with van der Waals surface area (Å²) in [6.07, 6.45) is 4.33. The fourth-order valence-corrected chi connectivity index (χ4v) is 1.41. The maximum absolute atomic E-state index is 5.84. The highest BCUT2D eigenvalue weighted by molar-refractivity contribution is 6.33. The standard InChI is InChI=1S/C8H8ClN3/c1-2-5-3-10-8(9)7-6(5)11-4-12-7/h3-4H,2H2,1H3,(H,11,12). The van der Waals surface area contributed by atoms with Crippen LogP contribution in [-0.4, -0.2) is 15.0 Å². The molecule has 0 aliphatic heterocycles. The number of nitrogens with zero attached hydrogens (tertiary/aromatic N) is 2. The van der Waals surface area contributed by atoms with Crippen LogP contribution in [0.3, 0.4) is 0 Å². The van der Waals surface area contributed by atoms with E-state index < -0.39 is 0 Å². The lowest BCUT2D eigenvalue weighted by atomic mass is 10.2. The summed E-state index contributed by atoms with van der Waals surface area (Å²) in [5.74, 6) is 0. The predicted molar refractivity (Wildman–Crippen MR) is 48.3 cm³/mol. The first kappa shape index (κ1) is 7.55. The van der Waals surface area contributed by atoms with Gasteiger partial charge in [-0.15, -0.1) is 0 Å². The summed E-state index contributed by atoms with van der Waals surface area (Å²) in [5.41, 5.74) is 2.88. The van der Waals surface area contributed by atoms with Crippen LogP contribution in [0.15, 0.2) is 12.5 Å². The second-order valence-corrected chi connectivity index (χ2v) is 2.91. The molecule has 4 heteroatoms. The van der Waals surface area contributed by atoms with Crippen molar-refractivity contribution in [2.24, 2.45) is 0 Å². The largest absolute Gasteiger partial charge is 0.342 e. The fourth-order valence-electron chi connectivity index (χ4n) is 1.21. The van der Waals surface area contributed by atoms with Gasteiger partial charge in [-0.1, -0.05) is 18.5 Å². The van der Waals surface area contributed by atoms with Crippen molar-refractivity contribution in [1.29, 1.82) is 0 Å². The van der Waals surface area contributed by atoms with E-state index in [1.165, 1.54) is 0 Å². The molecule has 0 unspecified atom stereocenters. The highest BCUT2D eigenvalue weighted by atomic mass is 35.5. The van der Waals surface area contributed by atoms with Gasteiger partial charge >= 0.3 is 0 Å². The van der Waals surface area contributed by atoms with E-state index in [9.17, 15) is 0 Å². The lowest BCUT2D eigenvalue weighted by Gasteiger charge is -1.97. The molecule has 0 radical (unpaired) electrons. The molecular formula is C8H8ClN3. The van der Waals surface area contributed by atoms with E-state index in [4.69, 9.17) is 11.6 Å². The Bertz CT molecular complexity index is 408. The third kappa shape index (κ3) is 0.975. The Labute approximate surface area is 74.8 Å². The zero-order chi connectivity index (χ0) is 8.55. The third-order valence-corrected chi connectivity index (χ3v) is 2.15. The van der Waals surface area contributed by atoms with Gasteiger partial charge in [0.05, 0.1) is 11.8 Å². The number of imidazole rings is 1. The summed E-state index contributed by atoms with van der Waals surface area (Å²) in [6.45, 7) is 2.07. The highest BCUT2D eigenvalue weighted by Gasteiger charge is 2.05. The van der Waals surface area contributed by atoms with E-state index in [2.05, 4.69) is 21.9 Å². The third-order valence-electron chi connectivity index (χ3n) is 1.86. The molecule has 0 spiro atoms. The van der Waals surface area contributed by atoms with Crippen molar-refractivity contribution in [3.63, 3.8) is 0 Å². The van der Waals surface area contributed by atoms with Gasteiger partial charge in [0, 0.05) is 6.20 Å². The fraction of sp³-hybridized carbons (Fsp3) is 0.250. The number of pyridine rings is 1. The maximum Gasteiger partial charge on any atom is 0.154 e.